The van der Waals surface area contributed by atoms with Gasteiger partial charge >= 0.3 is 6.03 Å². The Kier molecular flexibility index (Phi) is 4.78. The van der Waals surface area contributed by atoms with Crippen molar-refractivity contribution in [1.82, 2.24) is 5.32 Å². The van der Waals surface area contributed by atoms with Crippen LogP contribution in [0.3, 0.4) is 0 Å². The summed E-state index contributed by atoms with van der Waals surface area (Å²) in [6, 6.07) is 16.7. The van der Waals surface area contributed by atoms with E-state index in [0.29, 0.717) is 11.3 Å². The molecule has 4 rings (SSSR count). The average Bonchev–Trinajstić information content (AvgIpc) is 2.72. The van der Waals surface area contributed by atoms with Crippen LogP contribution in [0.15, 0.2) is 66.2 Å². The second-order valence-electron chi connectivity index (χ2n) is 6.31. The zero-order valence-corrected chi connectivity index (χ0v) is 16.1. The summed E-state index contributed by atoms with van der Waals surface area (Å²) in [5.74, 6) is -1.04. The molecule has 0 aromatic heterocycles. The number of imide groups is 2. The predicted octanol–water partition coefficient (Wildman–Crippen LogP) is 4.17. The van der Waals surface area contributed by atoms with E-state index in [1.165, 1.54) is 19.3 Å². The Morgan fingerprint density at radius 3 is 2.45 bits per heavy atom. The highest BCUT2D eigenvalue weighted by Crippen LogP contribution is 2.32. The van der Waals surface area contributed by atoms with E-state index in [1.807, 2.05) is 30.3 Å². The molecule has 1 N–H and O–H groups in total. The second kappa shape index (κ2) is 7.41. The number of rotatable bonds is 3. The molecule has 0 saturated carbocycles. The Morgan fingerprint density at radius 2 is 1.69 bits per heavy atom. The number of para-hydroxylation sites is 1. The number of halogens is 1. The first-order valence-electron chi connectivity index (χ1n) is 8.73. The van der Waals surface area contributed by atoms with Gasteiger partial charge in [-0.15, -0.1) is 0 Å². The van der Waals surface area contributed by atoms with Gasteiger partial charge in [0.15, 0.2) is 0 Å². The largest absolute Gasteiger partial charge is 0.496 e. The standard InChI is InChI=1S/C22H15ClN2O4/c1-29-19-11-10-13-6-2-3-7-14(13)15(19)12-16-20(26)24-22(28)25(21(16)27)18-9-5-4-8-17(18)23/h2-12H,1H3,(H,24,26,28)/b16-12+. The minimum Gasteiger partial charge on any atom is -0.496 e. The molecule has 29 heavy (non-hydrogen) atoms. The molecule has 3 aromatic carbocycles. The van der Waals surface area contributed by atoms with Crippen LogP contribution in [0, 0.1) is 0 Å². The van der Waals surface area contributed by atoms with E-state index in [2.05, 4.69) is 5.32 Å². The molecule has 7 heteroatoms. The van der Waals surface area contributed by atoms with Crippen molar-refractivity contribution in [3.63, 3.8) is 0 Å². The number of hydrogen-bond donors (Lipinski definition) is 1. The summed E-state index contributed by atoms with van der Waals surface area (Å²) >= 11 is 6.16. The summed E-state index contributed by atoms with van der Waals surface area (Å²) in [6.45, 7) is 0. The van der Waals surface area contributed by atoms with Crippen molar-refractivity contribution >= 4 is 52.0 Å². The molecule has 1 fully saturated rings. The van der Waals surface area contributed by atoms with E-state index < -0.39 is 17.8 Å². The van der Waals surface area contributed by atoms with Crippen LogP contribution >= 0.6 is 11.6 Å². The van der Waals surface area contributed by atoms with E-state index in [1.54, 1.807) is 24.3 Å². The Morgan fingerprint density at radius 1 is 0.966 bits per heavy atom. The fourth-order valence-electron chi connectivity index (χ4n) is 3.26. The minimum absolute atomic E-state index is 0.194. The summed E-state index contributed by atoms with van der Waals surface area (Å²) in [4.78, 5) is 38.8. The molecule has 0 atom stereocenters. The molecule has 1 saturated heterocycles. The number of ether oxygens (including phenoxy) is 1. The van der Waals surface area contributed by atoms with Crippen LogP contribution in [-0.4, -0.2) is 25.0 Å². The molecular weight excluding hydrogens is 392 g/mol. The van der Waals surface area contributed by atoms with Gasteiger partial charge in [-0.2, -0.15) is 0 Å². The van der Waals surface area contributed by atoms with Crippen LogP contribution in [0.4, 0.5) is 10.5 Å². The van der Waals surface area contributed by atoms with Crippen molar-refractivity contribution in [3.05, 3.63) is 76.8 Å². The maximum Gasteiger partial charge on any atom is 0.335 e. The summed E-state index contributed by atoms with van der Waals surface area (Å²) < 4.78 is 5.43. The van der Waals surface area contributed by atoms with Crippen LogP contribution in [0.2, 0.25) is 5.02 Å². The van der Waals surface area contributed by atoms with E-state index in [-0.39, 0.29) is 16.3 Å². The van der Waals surface area contributed by atoms with Crippen LogP contribution in [0.5, 0.6) is 5.75 Å². The maximum absolute atomic E-state index is 13.1. The third kappa shape index (κ3) is 3.23. The van der Waals surface area contributed by atoms with Crippen molar-refractivity contribution in [2.24, 2.45) is 0 Å². The lowest BCUT2D eigenvalue weighted by atomic mass is 9.99. The molecule has 6 nitrogen and oxygen atoms in total. The van der Waals surface area contributed by atoms with Crippen molar-refractivity contribution in [2.45, 2.75) is 0 Å². The molecule has 0 spiro atoms. The minimum atomic E-state index is -0.852. The van der Waals surface area contributed by atoms with Gasteiger partial charge in [0.05, 0.1) is 17.8 Å². The first kappa shape index (κ1) is 18.7. The van der Waals surface area contributed by atoms with Crippen molar-refractivity contribution in [2.75, 3.05) is 12.0 Å². The number of fused-ring (bicyclic) bond motifs is 1. The van der Waals surface area contributed by atoms with Gasteiger partial charge in [-0.25, -0.2) is 9.69 Å². The number of urea groups is 1. The van der Waals surface area contributed by atoms with Crippen LogP contribution in [-0.2, 0) is 9.59 Å². The number of carbonyl (C=O) groups excluding carboxylic acids is 3. The maximum atomic E-state index is 13.1. The lowest BCUT2D eigenvalue weighted by Crippen LogP contribution is -2.54. The van der Waals surface area contributed by atoms with Gasteiger partial charge in [0.2, 0.25) is 0 Å². The van der Waals surface area contributed by atoms with Crippen molar-refractivity contribution in [1.29, 1.82) is 0 Å². The molecule has 4 amide bonds. The number of nitrogens with one attached hydrogen (secondary N) is 1. The van der Waals surface area contributed by atoms with Crippen molar-refractivity contribution in [3.8, 4) is 5.75 Å². The molecule has 3 aromatic rings. The summed E-state index contributed by atoms with van der Waals surface area (Å²) in [6.07, 6.45) is 1.44. The quantitative estimate of drug-likeness (QED) is 0.523. The first-order chi connectivity index (χ1) is 14.0. The van der Waals surface area contributed by atoms with E-state index in [9.17, 15) is 14.4 Å². The lowest BCUT2D eigenvalue weighted by Gasteiger charge is -2.27. The third-order valence-corrected chi connectivity index (χ3v) is 4.95. The number of methoxy groups -OCH3 is 1. The number of hydrogen-bond acceptors (Lipinski definition) is 4. The summed E-state index contributed by atoms with van der Waals surface area (Å²) in [7, 11) is 1.51. The van der Waals surface area contributed by atoms with Gasteiger partial charge in [0, 0.05) is 5.56 Å². The molecule has 1 heterocycles. The third-order valence-electron chi connectivity index (χ3n) is 4.63. The number of amides is 4. The Labute approximate surface area is 171 Å². The number of barbiturate groups is 1. The fourth-order valence-corrected chi connectivity index (χ4v) is 3.48. The van der Waals surface area contributed by atoms with Gasteiger partial charge in [-0.05, 0) is 35.0 Å². The summed E-state index contributed by atoms with van der Waals surface area (Å²) in [5.41, 5.74) is 0.566. The number of nitrogens with zero attached hydrogens (tertiary/aromatic N) is 1. The molecule has 1 aliphatic heterocycles. The van der Waals surface area contributed by atoms with Crippen molar-refractivity contribution < 1.29 is 19.1 Å². The molecule has 1 aliphatic rings. The number of anilines is 1. The Hall–Kier alpha value is -3.64. The predicted molar refractivity (Wildman–Crippen MR) is 111 cm³/mol. The fraction of sp³-hybridized carbons (Fsp3) is 0.0455. The number of benzene rings is 3. The zero-order valence-electron chi connectivity index (χ0n) is 15.3. The van der Waals surface area contributed by atoms with Crippen LogP contribution in [0.1, 0.15) is 5.56 Å². The highest BCUT2D eigenvalue weighted by molar-refractivity contribution is 6.42. The van der Waals surface area contributed by atoms with E-state index in [4.69, 9.17) is 16.3 Å². The highest BCUT2D eigenvalue weighted by Gasteiger charge is 2.37. The Bertz CT molecular complexity index is 1200. The topological polar surface area (TPSA) is 75.7 Å². The van der Waals surface area contributed by atoms with Gasteiger partial charge in [-0.1, -0.05) is 54.1 Å². The summed E-state index contributed by atoms with van der Waals surface area (Å²) in [5, 5.41) is 4.14. The molecule has 0 radical (unpaired) electrons. The Balaban J connectivity index is 1.89. The van der Waals surface area contributed by atoms with Gasteiger partial charge in [-0.3, -0.25) is 14.9 Å². The molecule has 0 aliphatic carbocycles. The number of carbonyl (C=O) groups is 3. The van der Waals surface area contributed by atoms with Crippen LogP contribution < -0.4 is 15.0 Å². The van der Waals surface area contributed by atoms with Crippen LogP contribution in [0.25, 0.3) is 16.8 Å². The molecule has 144 valence electrons. The van der Waals surface area contributed by atoms with Gasteiger partial charge in [0.1, 0.15) is 11.3 Å². The van der Waals surface area contributed by atoms with E-state index >= 15 is 0 Å². The SMILES string of the molecule is COc1ccc2ccccc2c1/C=C1\C(=O)NC(=O)N(c2ccccc2Cl)C1=O. The molecule has 0 bridgehead atoms. The normalized spacial score (nSPS) is 15.7. The lowest BCUT2D eigenvalue weighted by molar-refractivity contribution is -0.122. The zero-order chi connectivity index (χ0) is 20.5. The highest BCUT2D eigenvalue weighted by atomic mass is 35.5. The average molecular weight is 407 g/mol. The monoisotopic (exact) mass is 406 g/mol. The van der Waals surface area contributed by atoms with Gasteiger partial charge in [0.25, 0.3) is 11.8 Å². The molecule has 0 unspecified atom stereocenters. The first-order valence-corrected chi connectivity index (χ1v) is 9.11. The van der Waals surface area contributed by atoms with Gasteiger partial charge < -0.3 is 4.74 Å². The van der Waals surface area contributed by atoms with E-state index in [0.717, 1.165) is 15.7 Å². The molecular formula is C22H15ClN2O4. The smallest absolute Gasteiger partial charge is 0.335 e. The second-order valence-corrected chi connectivity index (χ2v) is 6.72.